The molecule has 0 saturated carbocycles. The first-order chi connectivity index (χ1) is 11.8. The van der Waals surface area contributed by atoms with E-state index in [-0.39, 0.29) is 23.0 Å². The highest BCUT2D eigenvalue weighted by molar-refractivity contribution is 7.88. The molecule has 0 aliphatic carbocycles. The van der Waals surface area contributed by atoms with Crippen molar-refractivity contribution < 1.29 is 17.6 Å². The molecule has 138 valence electrons. The summed E-state index contributed by atoms with van der Waals surface area (Å²) in [7, 11) is -1.49. The molecule has 1 spiro atoms. The molecule has 1 aromatic rings. The number of hydrogen-bond acceptors (Lipinski definition) is 4. The van der Waals surface area contributed by atoms with Crippen LogP contribution in [0, 0.1) is 5.82 Å². The first kappa shape index (κ1) is 18.3. The Morgan fingerprint density at radius 3 is 2.64 bits per heavy atom. The van der Waals surface area contributed by atoms with Crippen molar-refractivity contribution >= 4 is 15.9 Å². The lowest BCUT2D eigenvalue weighted by atomic mass is 9.87. The van der Waals surface area contributed by atoms with Crippen molar-refractivity contribution in [3.63, 3.8) is 0 Å². The molecule has 0 radical (unpaired) electrons. The zero-order valence-corrected chi connectivity index (χ0v) is 15.2. The second kappa shape index (κ2) is 7.01. The molecule has 0 bridgehead atoms. The number of rotatable bonds is 3. The SMILES string of the molecule is CN1CCN(S(=O)(=O)Cc2ccc(F)cc2)C[C@@]12CCNC(=O)CC2. The molecule has 6 nitrogen and oxygen atoms in total. The summed E-state index contributed by atoms with van der Waals surface area (Å²) in [5.41, 5.74) is 0.264. The van der Waals surface area contributed by atoms with Gasteiger partial charge in [-0.25, -0.2) is 12.8 Å². The Kier molecular flexibility index (Phi) is 5.13. The minimum absolute atomic E-state index is 0.0246. The number of likely N-dealkylation sites (N-methyl/N-ethyl adjacent to an activating group) is 1. The third-order valence-electron chi connectivity index (χ3n) is 5.35. The van der Waals surface area contributed by atoms with Crippen LogP contribution in [0.15, 0.2) is 24.3 Å². The second-order valence-electron chi connectivity index (χ2n) is 6.96. The highest BCUT2D eigenvalue weighted by Crippen LogP contribution is 2.32. The number of carbonyl (C=O) groups excluding carboxylic acids is 1. The van der Waals surface area contributed by atoms with Gasteiger partial charge in [-0.15, -0.1) is 0 Å². The molecule has 0 unspecified atom stereocenters. The average molecular weight is 369 g/mol. The van der Waals surface area contributed by atoms with Crippen molar-refractivity contribution in [1.82, 2.24) is 14.5 Å². The first-order valence-corrected chi connectivity index (χ1v) is 10.1. The van der Waals surface area contributed by atoms with Crippen molar-refractivity contribution in [1.29, 1.82) is 0 Å². The van der Waals surface area contributed by atoms with Crippen LogP contribution in [0.2, 0.25) is 0 Å². The van der Waals surface area contributed by atoms with Gasteiger partial charge < -0.3 is 5.32 Å². The molecule has 1 amide bonds. The second-order valence-corrected chi connectivity index (χ2v) is 8.93. The Balaban J connectivity index is 1.77. The van der Waals surface area contributed by atoms with Gasteiger partial charge in [0, 0.05) is 38.1 Å². The van der Waals surface area contributed by atoms with E-state index >= 15 is 0 Å². The molecule has 2 saturated heterocycles. The lowest BCUT2D eigenvalue weighted by Gasteiger charge is -2.48. The topological polar surface area (TPSA) is 69.7 Å². The number of sulfonamides is 1. The predicted molar refractivity (Wildman–Crippen MR) is 92.8 cm³/mol. The zero-order valence-electron chi connectivity index (χ0n) is 14.4. The smallest absolute Gasteiger partial charge is 0.220 e. The molecule has 1 atom stereocenters. The van der Waals surface area contributed by atoms with E-state index in [1.54, 1.807) is 0 Å². The maximum absolute atomic E-state index is 13.0. The minimum atomic E-state index is -3.49. The molecule has 25 heavy (non-hydrogen) atoms. The summed E-state index contributed by atoms with van der Waals surface area (Å²) in [6.45, 7) is 2.02. The lowest BCUT2D eigenvalue weighted by molar-refractivity contribution is -0.121. The highest BCUT2D eigenvalue weighted by atomic mass is 32.2. The van der Waals surface area contributed by atoms with E-state index in [2.05, 4.69) is 10.2 Å². The summed E-state index contributed by atoms with van der Waals surface area (Å²) in [4.78, 5) is 13.9. The van der Waals surface area contributed by atoms with Crippen LogP contribution in [0.4, 0.5) is 4.39 Å². The molecular formula is C17H24FN3O3S. The van der Waals surface area contributed by atoms with Crippen LogP contribution in [-0.4, -0.2) is 62.3 Å². The monoisotopic (exact) mass is 369 g/mol. The maximum Gasteiger partial charge on any atom is 0.220 e. The Hall–Kier alpha value is -1.51. The Labute approximate surface area is 148 Å². The molecular weight excluding hydrogens is 345 g/mol. The van der Waals surface area contributed by atoms with Gasteiger partial charge in [-0.1, -0.05) is 12.1 Å². The van der Waals surface area contributed by atoms with E-state index in [0.29, 0.717) is 44.6 Å². The molecule has 1 aromatic carbocycles. The van der Waals surface area contributed by atoms with Gasteiger partial charge in [0.05, 0.1) is 5.75 Å². The van der Waals surface area contributed by atoms with Crippen LogP contribution in [0.1, 0.15) is 24.8 Å². The largest absolute Gasteiger partial charge is 0.356 e. The van der Waals surface area contributed by atoms with Gasteiger partial charge in [0.1, 0.15) is 5.82 Å². The van der Waals surface area contributed by atoms with E-state index in [1.807, 2.05) is 7.05 Å². The maximum atomic E-state index is 13.0. The number of piperazine rings is 1. The van der Waals surface area contributed by atoms with Gasteiger partial charge in [-0.05, 0) is 37.6 Å². The number of hydrogen-bond donors (Lipinski definition) is 1. The molecule has 2 fully saturated rings. The molecule has 0 aromatic heterocycles. The molecule has 1 N–H and O–H groups in total. The Morgan fingerprint density at radius 1 is 1.20 bits per heavy atom. The van der Waals surface area contributed by atoms with Crippen molar-refractivity contribution in [2.45, 2.75) is 30.6 Å². The number of nitrogens with zero attached hydrogens (tertiary/aromatic N) is 2. The van der Waals surface area contributed by atoms with Crippen LogP contribution >= 0.6 is 0 Å². The predicted octanol–water partition coefficient (Wildman–Crippen LogP) is 0.942. The van der Waals surface area contributed by atoms with Crippen LogP contribution in [-0.2, 0) is 20.6 Å². The van der Waals surface area contributed by atoms with Crippen molar-refractivity contribution in [2.24, 2.45) is 0 Å². The molecule has 2 heterocycles. The van der Waals surface area contributed by atoms with Gasteiger partial charge in [0.15, 0.2) is 0 Å². The summed E-state index contributed by atoms with van der Waals surface area (Å²) in [5, 5.41) is 2.87. The quantitative estimate of drug-likeness (QED) is 0.861. The number of halogens is 1. The molecule has 8 heteroatoms. The summed E-state index contributed by atoms with van der Waals surface area (Å²) in [5.74, 6) is -0.489. The summed E-state index contributed by atoms with van der Waals surface area (Å²) >= 11 is 0. The van der Waals surface area contributed by atoms with Crippen molar-refractivity contribution in [3.8, 4) is 0 Å². The molecule has 3 rings (SSSR count). The van der Waals surface area contributed by atoms with Gasteiger partial charge in [-0.2, -0.15) is 4.31 Å². The third kappa shape index (κ3) is 4.02. The van der Waals surface area contributed by atoms with E-state index in [4.69, 9.17) is 0 Å². The van der Waals surface area contributed by atoms with Crippen molar-refractivity contribution in [2.75, 3.05) is 33.2 Å². The van der Waals surface area contributed by atoms with Gasteiger partial charge >= 0.3 is 0 Å². The number of carbonyl (C=O) groups is 1. The van der Waals surface area contributed by atoms with Crippen LogP contribution in [0.25, 0.3) is 0 Å². The van der Waals surface area contributed by atoms with E-state index in [1.165, 1.54) is 28.6 Å². The zero-order chi connectivity index (χ0) is 18.1. The van der Waals surface area contributed by atoms with Crippen LogP contribution in [0.3, 0.4) is 0 Å². The van der Waals surface area contributed by atoms with Crippen LogP contribution in [0.5, 0.6) is 0 Å². The Bertz CT molecular complexity index is 738. The summed E-state index contributed by atoms with van der Waals surface area (Å²) in [6, 6.07) is 5.57. The number of benzene rings is 1. The Morgan fingerprint density at radius 2 is 1.92 bits per heavy atom. The number of amides is 1. The standard InChI is InChI=1S/C17H24FN3O3S/c1-20-10-11-21(13-17(20)7-6-16(22)19-9-8-17)25(23,24)12-14-2-4-15(18)5-3-14/h2-5H,6-13H2,1H3,(H,19,22)/t17-/m1/s1. The highest BCUT2D eigenvalue weighted by Gasteiger charge is 2.43. The van der Waals surface area contributed by atoms with Crippen molar-refractivity contribution in [3.05, 3.63) is 35.6 Å². The normalized spacial score (nSPS) is 26.4. The van der Waals surface area contributed by atoms with Crippen LogP contribution < -0.4 is 5.32 Å². The fourth-order valence-corrected chi connectivity index (χ4v) is 5.27. The van der Waals surface area contributed by atoms with E-state index in [9.17, 15) is 17.6 Å². The lowest BCUT2D eigenvalue weighted by Crippen LogP contribution is -2.62. The summed E-state index contributed by atoms with van der Waals surface area (Å²) < 4.78 is 40.3. The summed E-state index contributed by atoms with van der Waals surface area (Å²) in [6.07, 6.45) is 1.80. The van der Waals surface area contributed by atoms with Gasteiger partial charge in [-0.3, -0.25) is 9.69 Å². The molecule has 2 aliphatic heterocycles. The average Bonchev–Trinajstić information content (AvgIpc) is 2.75. The third-order valence-corrected chi connectivity index (χ3v) is 7.15. The minimum Gasteiger partial charge on any atom is -0.356 e. The van der Waals surface area contributed by atoms with E-state index in [0.717, 1.165) is 6.42 Å². The van der Waals surface area contributed by atoms with E-state index < -0.39 is 10.0 Å². The fraction of sp³-hybridized carbons (Fsp3) is 0.588. The first-order valence-electron chi connectivity index (χ1n) is 8.51. The van der Waals surface area contributed by atoms with Gasteiger partial charge in [0.25, 0.3) is 0 Å². The number of nitrogens with one attached hydrogen (secondary N) is 1. The fourth-order valence-electron chi connectivity index (χ4n) is 3.68. The molecule has 2 aliphatic rings. The van der Waals surface area contributed by atoms with Gasteiger partial charge in [0.2, 0.25) is 15.9 Å².